The molecular weight excluding hydrogens is 300 g/mol. The zero-order valence-electron chi connectivity index (χ0n) is 14.0. The fourth-order valence-electron chi connectivity index (χ4n) is 4.07. The van der Waals surface area contributed by atoms with Crippen LogP contribution in [0.4, 0.5) is 0 Å². The summed E-state index contributed by atoms with van der Waals surface area (Å²) in [6, 6.07) is 11.2. The standard InChI is InChI=1S/C19H26N4O/c24-17-11-16(23(14-17)13-15-5-2-1-3-6-15)12-21-18-7-4-9-22-10-8-20-19(18)22/h1-3,5-6,8,10,16-18,21,24H,4,7,9,11-14H2. The maximum Gasteiger partial charge on any atom is 0.125 e. The van der Waals surface area contributed by atoms with Crippen molar-refractivity contribution in [2.75, 3.05) is 13.1 Å². The van der Waals surface area contributed by atoms with Gasteiger partial charge in [-0.3, -0.25) is 4.90 Å². The van der Waals surface area contributed by atoms with E-state index < -0.39 is 0 Å². The second-order valence-electron chi connectivity index (χ2n) is 7.04. The molecule has 2 aliphatic rings. The number of imidazole rings is 1. The van der Waals surface area contributed by atoms with Crippen molar-refractivity contribution in [1.82, 2.24) is 19.8 Å². The molecule has 3 atom stereocenters. The van der Waals surface area contributed by atoms with Gasteiger partial charge in [0, 0.05) is 44.6 Å². The zero-order chi connectivity index (χ0) is 16.4. The summed E-state index contributed by atoms with van der Waals surface area (Å²) in [6.07, 6.45) is 6.95. The van der Waals surface area contributed by atoms with Gasteiger partial charge in [0.1, 0.15) is 5.82 Å². The molecule has 1 aromatic carbocycles. The van der Waals surface area contributed by atoms with Gasteiger partial charge in [0.15, 0.2) is 0 Å². The number of aliphatic hydroxyl groups is 1. The Balaban J connectivity index is 1.38. The molecule has 128 valence electrons. The summed E-state index contributed by atoms with van der Waals surface area (Å²) >= 11 is 0. The zero-order valence-corrected chi connectivity index (χ0v) is 14.0. The molecule has 5 nitrogen and oxygen atoms in total. The van der Waals surface area contributed by atoms with Crippen LogP contribution >= 0.6 is 0 Å². The molecule has 0 amide bonds. The summed E-state index contributed by atoms with van der Waals surface area (Å²) in [5.41, 5.74) is 1.31. The Morgan fingerprint density at radius 1 is 1.25 bits per heavy atom. The molecular formula is C19H26N4O. The summed E-state index contributed by atoms with van der Waals surface area (Å²) in [6.45, 7) is 3.65. The molecule has 4 rings (SSSR count). The van der Waals surface area contributed by atoms with Crippen LogP contribution in [0.2, 0.25) is 0 Å². The van der Waals surface area contributed by atoms with Gasteiger partial charge in [-0.2, -0.15) is 0 Å². The van der Waals surface area contributed by atoms with E-state index in [1.54, 1.807) is 0 Å². The maximum atomic E-state index is 10.1. The van der Waals surface area contributed by atoms with E-state index in [4.69, 9.17) is 0 Å². The number of aromatic nitrogens is 2. The molecule has 0 spiro atoms. The monoisotopic (exact) mass is 326 g/mol. The highest BCUT2D eigenvalue weighted by atomic mass is 16.3. The fourth-order valence-corrected chi connectivity index (χ4v) is 4.07. The lowest BCUT2D eigenvalue weighted by molar-refractivity contribution is 0.172. The first-order chi connectivity index (χ1) is 11.8. The van der Waals surface area contributed by atoms with Crippen LogP contribution in [0.5, 0.6) is 0 Å². The predicted octanol–water partition coefficient (Wildman–Crippen LogP) is 1.94. The van der Waals surface area contributed by atoms with Crippen LogP contribution in [0.1, 0.15) is 36.7 Å². The number of hydrogen-bond donors (Lipinski definition) is 2. The lowest BCUT2D eigenvalue weighted by atomic mass is 10.1. The number of aliphatic hydroxyl groups excluding tert-OH is 1. The summed E-state index contributed by atoms with van der Waals surface area (Å²) in [5, 5.41) is 13.8. The molecule has 0 radical (unpaired) electrons. The van der Waals surface area contributed by atoms with Crippen molar-refractivity contribution in [1.29, 1.82) is 0 Å². The third kappa shape index (κ3) is 3.38. The first-order valence-corrected chi connectivity index (χ1v) is 9.00. The van der Waals surface area contributed by atoms with Crippen molar-refractivity contribution in [2.45, 2.75) is 50.5 Å². The minimum absolute atomic E-state index is 0.214. The highest BCUT2D eigenvalue weighted by Gasteiger charge is 2.31. The number of hydrogen-bond acceptors (Lipinski definition) is 4. The molecule has 0 aliphatic carbocycles. The van der Waals surface area contributed by atoms with E-state index in [9.17, 15) is 5.11 Å². The summed E-state index contributed by atoms with van der Waals surface area (Å²) in [7, 11) is 0. The van der Waals surface area contributed by atoms with Crippen molar-refractivity contribution in [2.24, 2.45) is 0 Å². The van der Waals surface area contributed by atoms with Crippen LogP contribution in [0.15, 0.2) is 42.7 Å². The van der Waals surface area contributed by atoms with E-state index in [1.807, 2.05) is 12.3 Å². The highest BCUT2D eigenvalue weighted by molar-refractivity contribution is 5.15. The number of rotatable bonds is 5. The molecule has 2 aliphatic heterocycles. The smallest absolute Gasteiger partial charge is 0.125 e. The second kappa shape index (κ2) is 7.05. The average molecular weight is 326 g/mol. The van der Waals surface area contributed by atoms with Crippen molar-refractivity contribution < 1.29 is 5.11 Å². The van der Waals surface area contributed by atoms with Gasteiger partial charge < -0.3 is 15.0 Å². The van der Waals surface area contributed by atoms with E-state index in [0.29, 0.717) is 12.1 Å². The Morgan fingerprint density at radius 2 is 2.12 bits per heavy atom. The average Bonchev–Trinajstić information content (AvgIpc) is 3.20. The quantitative estimate of drug-likeness (QED) is 0.882. The van der Waals surface area contributed by atoms with E-state index >= 15 is 0 Å². The van der Waals surface area contributed by atoms with Gasteiger partial charge in [-0.05, 0) is 24.8 Å². The summed E-state index contributed by atoms with van der Waals surface area (Å²) in [4.78, 5) is 6.93. The molecule has 3 unspecified atom stereocenters. The number of benzene rings is 1. The summed E-state index contributed by atoms with van der Waals surface area (Å²) in [5.74, 6) is 1.16. The molecule has 0 bridgehead atoms. The van der Waals surface area contributed by atoms with E-state index in [0.717, 1.165) is 44.8 Å². The first kappa shape index (κ1) is 15.8. The Bertz CT molecular complexity index is 656. The van der Waals surface area contributed by atoms with Crippen LogP contribution in [0.3, 0.4) is 0 Å². The van der Waals surface area contributed by atoms with Crippen molar-refractivity contribution in [3.63, 3.8) is 0 Å². The van der Waals surface area contributed by atoms with Crippen molar-refractivity contribution >= 4 is 0 Å². The lowest BCUT2D eigenvalue weighted by Gasteiger charge is -2.29. The summed E-state index contributed by atoms with van der Waals surface area (Å²) < 4.78 is 2.26. The number of nitrogens with zero attached hydrogens (tertiary/aromatic N) is 3. The Morgan fingerprint density at radius 3 is 3.00 bits per heavy atom. The van der Waals surface area contributed by atoms with Crippen molar-refractivity contribution in [3.8, 4) is 0 Å². The largest absolute Gasteiger partial charge is 0.392 e. The molecule has 2 N–H and O–H groups in total. The SMILES string of the molecule is OC1CC(CNC2CCCn3ccnc32)N(Cc2ccccc2)C1. The molecule has 1 saturated heterocycles. The van der Waals surface area contributed by atoms with Gasteiger partial charge in [-0.15, -0.1) is 0 Å². The van der Waals surface area contributed by atoms with Gasteiger partial charge in [0.25, 0.3) is 0 Å². The minimum atomic E-state index is -0.214. The van der Waals surface area contributed by atoms with Gasteiger partial charge in [-0.1, -0.05) is 30.3 Å². The van der Waals surface area contributed by atoms with Gasteiger partial charge in [-0.25, -0.2) is 4.98 Å². The topological polar surface area (TPSA) is 53.3 Å². The molecule has 5 heteroatoms. The maximum absolute atomic E-state index is 10.1. The molecule has 3 heterocycles. The van der Waals surface area contributed by atoms with Gasteiger partial charge in [0.2, 0.25) is 0 Å². The Hall–Kier alpha value is -1.69. The number of likely N-dealkylation sites (tertiary alicyclic amines) is 1. The molecule has 24 heavy (non-hydrogen) atoms. The number of nitrogens with one attached hydrogen (secondary N) is 1. The molecule has 1 aromatic heterocycles. The Labute approximate surface area is 143 Å². The fraction of sp³-hybridized carbons (Fsp3) is 0.526. The second-order valence-corrected chi connectivity index (χ2v) is 7.04. The van der Waals surface area contributed by atoms with Crippen molar-refractivity contribution in [3.05, 3.63) is 54.1 Å². The van der Waals surface area contributed by atoms with E-state index in [1.165, 1.54) is 12.0 Å². The number of β-amino-alcohol motifs (C(OH)–C–C–N with tert-alkyl or cyclic N) is 1. The van der Waals surface area contributed by atoms with Gasteiger partial charge in [0.05, 0.1) is 12.1 Å². The molecule has 0 saturated carbocycles. The molecule has 2 aromatic rings. The third-order valence-electron chi connectivity index (χ3n) is 5.29. The first-order valence-electron chi connectivity index (χ1n) is 9.00. The highest BCUT2D eigenvalue weighted by Crippen LogP contribution is 2.25. The minimum Gasteiger partial charge on any atom is -0.392 e. The van der Waals surface area contributed by atoms with Crippen LogP contribution in [-0.2, 0) is 13.1 Å². The van der Waals surface area contributed by atoms with E-state index in [2.05, 4.69) is 50.2 Å². The van der Waals surface area contributed by atoms with Crippen LogP contribution in [0.25, 0.3) is 0 Å². The normalized spacial score (nSPS) is 27.3. The van der Waals surface area contributed by atoms with Crippen LogP contribution in [0, 0.1) is 0 Å². The van der Waals surface area contributed by atoms with Crippen LogP contribution < -0.4 is 5.32 Å². The Kier molecular flexibility index (Phi) is 4.65. The molecule has 1 fully saturated rings. The number of aryl methyl sites for hydroxylation is 1. The number of fused-ring (bicyclic) bond motifs is 1. The van der Waals surface area contributed by atoms with Gasteiger partial charge >= 0.3 is 0 Å². The van der Waals surface area contributed by atoms with E-state index in [-0.39, 0.29) is 6.10 Å². The third-order valence-corrected chi connectivity index (χ3v) is 5.29. The van der Waals surface area contributed by atoms with Crippen LogP contribution in [-0.4, -0.2) is 44.8 Å². The lowest BCUT2D eigenvalue weighted by Crippen LogP contribution is -2.40. The predicted molar refractivity (Wildman–Crippen MR) is 93.5 cm³/mol.